The number of nitrogens with zero attached hydrogens (tertiary/aromatic N) is 6. The highest BCUT2D eigenvalue weighted by atomic mass is 16.2. The number of H-pyrrole nitrogens is 1. The van der Waals surface area contributed by atoms with Gasteiger partial charge in [-0.3, -0.25) is 14.4 Å². The number of amides is 1. The van der Waals surface area contributed by atoms with E-state index in [1.165, 1.54) is 5.56 Å². The Morgan fingerprint density at radius 2 is 2.16 bits per heavy atom. The van der Waals surface area contributed by atoms with Crippen molar-refractivity contribution < 1.29 is 4.79 Å². The van der Waals surface area contributed by atoms with E-state index >= 15 is 0 Å². The van der Waals surface area contributed by atoms with Gasteiger partial charge in [-0.25, -0.2) is 0 Å². The van der Waals surface area contributed by atoms with E-state index in [0.717, 1.165) is 69.8 Å². The summed E-state index contributed by atoms with van der Waals surface area (Å²) < 4.78 is 1.83. The molecule has 1 unspecified atom stereocenters. The van der Waals surface area contributed by atoms with E-state index in [1.54, 1.807) is 0 Å². The minimum absolute atomic E-state index is 0.118. The van der Waals surface area contributed by atoms with Gasteiger partial charge in [-0.15, -0.1) is 0 Å². The van der Waals surface area contributed by atoms with Crippen LogP contribution in [0.15, 0.2) is 12.4 Å². The average Bonchev–Trinajstić information content (AvgIpc) is 3.18. The van der Waals surface area contributed by atoms with Crippen molar-refractivity contribution in [1.29, 1.82) is 0 Å². The number of rotatable bonds is 3. The molecule has 2 aromatic heterocycles. The number of hydrogen-bond donors (Lipinski definition) is 1. The second-order valence-corrected chi connectivity index (χ2v) is 7.08. The lowest BCUT2D eigenvalue weighted by atomic mass is 9.88. The Hall–Kier alpha value is -2.22. The van der Waals surface area contributed by atoms with Gasteiger partial charge >= 0.3 is 0 Å². The molecule has 1 aliphatic carbocycles. The lowest BCUT2D eigenvalue weighted by Crippen LogP contribution is -2.39. The number of carbonyl (C=O) groups is 1. The fraction of sp³-hybridized carbons (Fsp3) is 0.647. The molecule has 1 amide bonds. The van der Waals surface area contributed by atoms with Crippen LogP contribution in [0.25, 0.3) is 0 Å². The first-order valence-electron chi connectivity index (χ1n) is 9.09. The van der Waals surface area contributed by atoms with Crippen molar-refractivity contribution in [3.05, 3.63) is 29.3 Å². The summed E-state index contributed by atoms with van der Waals surface area (Å²) in [5.41, 5.74) is 3.06. The van der Waals surface area contributed by atoms with Gasteiger partial charge in [0.25, 0.3) is 0 Å². The van der Waals surface area contributed by atoms with E-state index in [1.807, 2.05) is 22.8 Å². The first-order valence-corrected chi connectivity index (χ1v) is 9.09. The second-order valence-electron chi connectivity index (χ2n) is 7.08. The predicted molar refractivity (Wildman–Crippen MR) is 91.7 cm³/mol. The summed E-state index contributed by atoms with van der Waals surface area (Å²) in [6, 6.07) is 0. The summed E-state index contributed by atoms with van der Waals surface area (Å²) in [7, 11) is 1.94. The zero-order chi connectivity index (χ0) is 17.2. The molecule has 2 aliphatic rings. The monoisotopic (exact) mass is 343 g/mol. The van der Waals surface area contributed by atoms with Gasteiger partial charge in [0, 0.05) is 51.5 Å². The second kappa shape index (κ2) is 6.95. The largest absolute Gasteiger partial charge is 0.341 e. The van der Waals surface area contributed by atoms with Crippen LogP contribution in [0.5, 0.6) is 0 Å². The van der Waals surface area contributed by atoms with Crippen LogP contribution in [0.1, 0.15) is 42.1 Å². The molecule has 1 aliphatic heterocycles. The van der Waals surface area contributed by atoms with Crippen LogP contribution in [-0.4, -0.2) is 67.1 Å². The molecule has 1 fully saturated rings. The maximum atomic E-state index is 13.0. The van der Waals surface area contributed by atoms with E-state index in [9.17, 15) is 4.79 Å². The number of carbonyl (C=O) groups excluding carboxylic acids is 1. The Balaban J connectivity index is 1.39. The highest BCUT2D eigenvalue weighted by Crippen LogP contribution is 2.30. The molecule has 1 atom stereocenters. The first-order chi connectivity index (χ1) is 12.2. The number of aromatic amines is 1. The Labute approximate surface area is 147 Å². The number of aromatic nitrogens is 5. The smallest absolute Gasteiger partial charge is 0.231 e. The molecule has 3 heterocycles. The molecule has 134 valence electrons. The lowest BCUT2D eigenvalue weighted by Gasteiger charge is -2.27. The van der Waals surface area contributed by atoms with Crippen LogP contribution in [-0.2, 0) is 24.8 Å². The van der Waals surface area contributed by atoms with Gasteiger partial charge < -0.3 is 4.90 Å². The minimum Gasteiger partial charge on any atom is -0.341 e. The Morgan fingerprint density at radius 3 is 3.00 bits per heavy atom. The zero-order valence-electron chi connectivity index (χ0n) is 14.7. The molecule has 2 aromatic rings. The molecule has 1 saturated heterocycles. The van der Waals surface area contributed by atoms with E-state index in [2.05, 4.69) is 31.6 Å². The Bertz CT molecular complexity index is 737. The summed E-state index contributed by atoms with van der Waals surface area (Å²) in [6.07, 6.45) is 7.80. The fourth-order valence-electron chi connectivity index (χ4n) is 3.96. The van der Waals surface area contributed by atoms with Crippen molar-refractivity contribution in [2.45, 2.75) is 38.1 Å². The Kier molecular flexibility index (Phi) is 4.52. The Morgan fingerprint density at radius 1 is 1.24 bits per heavy atom. The average molecular weight is 343 g/mol. The molecule has 0 aromatic carbocycles. The maximum Gasteiger partial charge on any atom is 0.231 e. The molecule has 0 saturated carbocycles. The van der Waals surface area contributed by atoms with E-state index in [-0.39, 0.29) is 11.8 Å². The van der Waals surface area contributed by atoms with Crippen LogP contribution in [0.4, 0.5) is 0 Å². The summed E-state index contributed by atoms with van der Waals surface area (Å²) in [5, 5.41) is 15.4. The lowest BCUT2D eigenvalue weighted by molar-refractivity contribution is -0.133. The van der Waals surface area contributed by atoms with Crippen molar-refractivity contribution in [2.24, 2.45) is 7.05 Å². The molecular weight excluding hydrogens is 318 g/mol. The standard InChI is InChI=1S/C17H25N7O/c1-22-11-13(10-18-22)12-23-6-3-7-24(9-8-23)17(25)14-4-2-5-15-16(14)20-21-19-15/h10-11,14H,2-9,12H2,1H3,(H,19,20,21). The number of fused-ring (bicyclic) bond motifs is 1. The van der Waals surface area contributed by atoms with Gasteiger partial charge in [0.15, 0.2) is 0 Å². The van der Waals surface area contributed by atoms with Crippen molar-refractivity contribution in [3.63, 3.8) is 0 Å². The van der Waals surface area contributed by atoms with Crippen LogP contribution >= 0.6 is 0 Å². The van der Waals surface area contributed by atoms with Crippen LogP contribution in [0.3, 0.4) is 0 Å². The summed E-state index contributed by atoms with van der Waals surface area (Å²) in [4.78, 5) is 17.5. The molecule has 8 heteroatoms. The predicted octanol–water partition coefficient (Wildman–Crippen LogP) is 0.693. The quantitative estimate of drug-likeness (QED) is 0.887. The summed E-state index contributed by atoms with van der Waals surface area (Å²) in [5.74, 6) is 0.102. The van der Waals surface area contributed by atoms with Gasteiger partial charge in [0.1, 0.15) is 0 Å². The molecule has 0 spiro atoms. The molecular formula is C17H25N7O. The molecule has 0 radical (unpaired) electrons. The number of aryl methyl sites for hydroxylation is 2. The van der Waals surface area contributed by atoms with E-state index in [4.69, 9.17) is 0 Å². The van der Waals surface area contributed by atoms with Gasteiger partial charge in [0.05, 0.1) is 23.5 Å². The third-order valence-electron chi connectivity index (χ3n) is 5.25. The highest BCUT2D eigenvalue weighted by molar-refractivity contribution is 5.83. The van der Waals surface area contributed by atoms with Gasteiger partial charge in [0.2, 0.25) is 5.91 Å². The van der Waals surface area contributed by atoms with Crippen LogP contribution in [0.2, 0.25) is 0 Å². The normalized spacial score (nSPS) is 21.8. The van der Waals surface area contributed by atoms with E-state index < -0.39 is 0 Å². The first kappa shape index (κ1) is 16.3. The number of nitrogens with one attached hydrogen (secondary N) is 1. The summed E-state index contributed by atoms with van der Waals surface area (Å²) >= 11 is 0. The fourth-order valence-corrected chi connectivity index (χ4v) is 3.96. The SMILES string of the molecule is Cn1cc(CN2CCCN(C(=O)C3CCCc4n[nH]nc43)CC2)cn1. The third kappa shape index (κ3) is 3.44. The topological polar surface area (TPSA) is 82.9 Å². The molecule has 0 bridgehead atoms. The molecule has 25 heavy (non-hydrogen) atoms. The van der Waals surface area contributed by atoms with Gasteiger partial charge in [-0.2, -0.15) is 20.5 Å². The van der Waals surface area contributed by atoms with Crippen LogP contribution in [0, 0.1) is 0 Å². The van der Waals surface area contributed by atoms with Crippen molar-refractivity contribution in [1.82, 2.24) is 35.0 Å². The van der Waals surface area contributed by atoms with Crippen molar-refractivity contribution in [3.8, 4) is 0 Å². The van der Waals surface area contributed by atoms with Crippen molar-refractivity contribution in [2.75, 3.05) is 26.2 Å². The minimum atomic E-state index is -0.118. The molecule has 4 rings (SSSR count). The van der Waals surface area contributed by atoms with Crippen molar-refractivity contribution >= 4 is 5.91 Å². The molecule has 8 nitrogen and oxygen atoms in total. The van der Waals surface area contributed by atoms with Gasteiger partial charge in [-0.05, 0) is 25.7 Å². The third-order valence-corrected chi connectivity index (χ3v) is 5.25. The summed E-state index contributed by atoms with van der Waals surface area (Å²) in [6.45, 7) is 4.42. The highest BCUT2D eigenvalue weighted by Gasteiger charge is 2.33. The van der Waals surface area contributed by atoms with Gasteiger partial charge in [-0.1, -0.05) is 0 Å². The van der Waals surface area contributed by atoms with E-state index in [0.29, 0.717) is 0 Å². The number of hydrogen-bond acceptors (Lipinski definition) is 5. The van der Waals surface area contributed by atoms with Crippen LogP contribution < -0.4 is 0 Å². The molecule has 1 N–H and O–H groups in total. The zero-order valence-corrected chi connectivity index (χ0v) is 14.7. The maximum absolute atomic E-state index is 13.0.